The van der Waals surface area contributed by atoms with E-state index >= 15 is 0 Å². The average molecular weight is 206 g/mol. The topological polar surface area (TPSA) is 0 Å². The van der Waals surface area contributed by atoms with Gasteiger partial charge >= 0.3 is 0 Å². The highest BCUT2D eigenvalue weighted by Crippen LogP contribution is 2.05. The van der Waals surface area contributed by atoms with E-state index < -0.39 is 7.59 Å². The molecule has 1 aromatic carbocycles. The summed E-state index contributed by atoms with van der Waals surface area (Å²) in [5, 5.41) is 1.57. The molecule has 0 N–H and O–H groups in total. The van der Waals surface area contributed by atoms with E-state index in [1.165, 1.54) is 0 Å². The highest BCUT2D eigenvalue weighted by molar-refractivity contribution is 7.51. The molecule has 0 aliphatic carbocycles. The van der Waals surface area contributed by atoms with Crippen molar-refractivity contribution >= 4 is 30.4 Å². The van der Waals surface area contributed by atoms with Crippen LogP contribution in [0.3, 0.4) is 0 Å². The molecule has 0 saturated heterocycles. The Morgan fingerprint density at radius 3 is 2.08 bits per heavy atom. The molecule has 0 amide bonds. The first-order chi connectivity index (χ1) is 5.55. The first kappa shape index (κ1) is 9.95. The maximum absolute atomic E-state index is 3.85. The van der Waals surface area contributed by atoms with Crippen molar-refractivity contribution in [3.8, 4) is 0 Å². The van der Waals surface area contributed by atoms with Crippen LogP contribution in [0, 0.1) is 0 Å². The second-order valence-electron chi connectivity index (χ2n) is 3.62. The van der Waals surface area contributed by atoms with Crippen LogP contribution in [0.4, 0.5) is 0 Å². The van der Waals surface area contributed by atoms with E-state index in [2.05, 4.69) is 59.7 Å². The predicted molar refractivity (Wildman–Crippen MR) is 60.9 cm³/mol. The van der Waals surface area contributed by atoms with Gasteiger partial charge in [0.05, 0.1) is 7.59 Å². The summed E-state index contributed by atoms with van der Waals surface area (Å²) in [6.07, 6.45) is 0. The Bertz CT molecular complexity index is 241. The Hall–Kier alpha value is -0.129. The molecule has 0 aliphatic heterocycles. The molecular formula is C9H14Si3. The van der Waals surface area contributed by atoms with Gasteiger partial charge in [0.1, 0.15) is 0 Å². The fourth-order valence-corrected chi connectivity index (χ4v) is 5.63. The maximum atomic E-state index is 3.85. The molecule has 0 nitrogen and oxygen atoms in total. The largest absolute Gasteiger partial charge is 0.0754 e. The van der Waals surface area contributed by atoms with Gasteiger partial charge in [-0.15, -0.1) is 0 Å². The average Bonchev–Trinajstić information content (AvgIpc) is 2.06. The van der Waals surface area contributed by atoms with E-state index in [4.69, 9.17) is 0 Å². The predicted octanol–water partition coefficient (Wildman–Crippen LogP) is 1.47. The number of hydrogen-bond donors (Lipinski definition) is 0. The summed E-state index contributed by atoms with van der Waals surface area (Å²) < 4.78 is 0. The van der Waals surface area contributed by atoms with Crippen molar-refractivity contribution in [2.45, 2.75) is 19.6 Å². The van der Waals surface area contributed by atoms with Crippen molar-refractivity contribution < 1.29 is 0 Å². The number of hydrogen-bond acceptors (Lipinski definition) is 0. The van der Waals surface area contributed by atoms with Crippen LogP contribution in [0.25, 0.3) is 0 Å². The fraction of sp³-hybridized carbons (Fsp3) is 0.333. The Morgan fingerprint density at radius 1 is 1.17 bits per heavy atom. The van der Waals surface area contributed by atoms with E-state index in [0.29, 0.717) is 0 Å². The zero-order valence-electron chi connectivity index (χ0n) is 7.89. The van der Waals surface area contributed by atoms with Crippen LogP contribution in [0.2, 0.25) is 19.6 Å². The van der Waals surface area contributed by atoms with Gasteiger partial charge in [0.25, 0.3) is 0 Å². The van der Waals surface area contributed by atoms with E-state index in [1.807, 2.05) is 0 Å². The van der Waals surface area contributed by atoms with Gasteiger partial charge in [-0.2, -0.15) is 0 Å². The van der Waals surface area contributed by atoms with Crippen LogP contribution in [-0.2, 0) is 0 Å². The molecule has 0 aliphatic rings. The van der Waals surface area contributed by atoms with Crippen LogP contribution in [-0.4, -0.2) is 25.2 Å². The first-order valence-corrected chi connectivity index (χ1v) is 11.7. The molecule has 62 valence electrons. The minimum absolute atomic E-state index is 0.319. The van der Waals surface area contributed by atoms with Crippen molar-refractivity contribution in [2.24, 2.45) is 0 Å². The van der Waals surface area contributed by atoms with Gasteiger partial charge in [-0.05, 0) is 0 Å². The van der Waals surface area contributed by atoms with Crippen LogP contribution >= 0.6 is 0 Å². The van der Waals surface area contributed by atoms with Gasteiger partial charge in [-0.3, -0.25) is 0 Å². The lowest BCUT2D eigenvalue weighted by Crippen LogP contribution is -2.54. The molecule has 1 aromatic rings. The molecule has 1 rings (SSSR count). The molecule has 0 aromatic heterocycles. The third-order valence-corrected chi connectivity index (χ3v) is 18.2. The summed E-state index contributed by atoms with van der Waals surface area (Å²) in [7, 11) is 2.39. The Kier molecular flexibility index (Phi) is 3.09. The molecule has 0 heterocycles. The summed E-state index contributed by atoms with van der Waals surface area (Å²) in [4.78, 5) is 0. The van der Waals surface area contributed by atoms with Gasteiger partial charge in [0.15, 0.2) is 0 Å². The number of rotatable bonds is 2. The van der Waals surface area contributed by atoms with Gasteiger partial charge < -0.3 is 0 Å². The Morgan fingerprint density at radius 2 is 1.67 bits per heavy atom. The standard InChI is InChI=1S/C9H14Si3/c1-11(10)12(2,3)9-7-5-4-6-8-9/h4-8H,1-3H3. The zero-order chi connectivity index (χ0) is 9.19. The van der Waals surface area contributed by atoms with E-state index in [0.717, 1.165) is 0 Å². The summed E-state index contributed by atoms with van der Waals surface area (Å²) in [6.45, 7) is 7.22. The molecule has 0 atom stereocenters. The van der Waals surface area contributed by atoms with Crippen molar-refractivity contribution in [3.63, 3.8) is 0 Å². The molecule has 12 heavy (non-hydrogen) atoms. The summed E-state index contributed by atoms with van der Waals surface area (Å²) in [6, 6.07) is 10.9. The van der Waals surface area contributed by atoms with Crippen LogP contribution in [0.15, 0.2) is 30.3 Å². The first-order valence-electron chi connectivity index (χ1n) is 4.16. The van der Waals surface area contributed by atoms with Crippen LogP contribution in [0.5, 0.6) is 0 Å². The molecule has 3 heteroatoms. The second kappa shape index (κ2) is 3.72. The summed E-state index contributed by atoms with van der Waals surface area (Å²) in [5.74, 6) is 0. The van der Waals surface area contributed by atoms with Crippen molar-refractivity contribution in [2.75, 3.05) is 0 Å². The normalized spacial score (nSPS) is 12.1. The van der Waals surface area contributed by atoms with E-state index in [9.17, 15) is 0 Å². The van der Waals surface area contributed by atoms with Crippen LogP contribution < -0.4 is 5.19 Å². The lowest BCUT2D eigenvalue weighted by atomic mass is 10.4. The minimum atomic E-state index is -1.14. The van der Waals surface area contributed by atoms with Crippen molar-refractivity contribution in [1.82, 2.24) is 0 Å². The molecule has 0 fully saturated rings. The van der Waals surface area contributed by atoms with Gasteiger partial charge in [-0.25, -0.2) is 0 Å². The Labute approximate surface area is 80.6 Å². The lowest BCUT2D eigenvalue weighted by molar-refractivity contribution is 1.73. The SMILES string of the molecule is C[Si]([Si])[Si](C)(C)c1ccccc1. The molecule has 0 unspecified atom stereocenters. The summed E-state index contributed by atoms with van der Waals surface area (Å²) in [5.41, 5.74) is 0. The molecule has 4 radical (unpaired) electrons. The third kappa shape index (κ3) is 1.97. The van der Waals surface area contributed by atoms with Crippen molar-refractivity contribution in [1.29, 1.82) is 0 Å². The monoisotopic (exact) mass is 206 g/mol. The van der Waals surface area contributed by atoms with Gasteiger partial charge in [-0.1, -0.05) is 55.2 Å². The molecular weight excluding hydrogens is 192 g/mol. The van der Waals surface area contributed by atoms with Gasteiger partial charge in [0.2, 0.25) is 0 Å². The van der Waals surface area contributed by atoms with Gasteiger partial charge in [0, 0.05) is 17.6 Å². The smallest absolute Gasteiger partial charge is 0.0678 e. The third-order valence-electron chi connectivity index (χ3n) is 2.43. The zero-order valence-corrected chi connectivity index (χ0v) is 10.9. The van der Waals surface area contributed by atoms with Crippen molar-refractivity contribution in [3.05, 3.63) is 30.3 Å². The van der Waals surface area contributed by atoms with E-state index in [-0.39, 0.29) is 7.83 Å². The maximum Gasteiger partial charge on any atom is 0.0678 e. The van der Waals surface area contributed by atoms with E-state index in [1.54, 1.807) is 5.19 Å². The lowest BCUT2D eigenvalue weighted by Gasteiger charge is -2.26. The highest BCUT2D eigenvalue weighted by Gasteiger charge is 2.27. The molecule has 0 saturated carbocycles. The fourth-order valence-electron chi connectivity index (χ4n) is 1.07. The second-order valence-corrected chi connectivity index (χ2v) is 18.4. The molecule has 0 bridgehead atoms. The molecule has 0 spiro atoms. The van der Waals surface area contributed by atoms with Crippen LogP contribution in [0.1, 0.15) is 0 Å². The Balaban J connectivity index is 2.98. The summed E-state index contributed by atoms with van der Waals surface area (Å²) >= 11 is 0. The quantitative estimate of drug-likeness (QED) is 0.643. The highest BCUT2D eigenvalue weighted by atomic mass is 29.6. The minimum Gasteiger partial charge on any atom is -0.0754 e. The number of benzene rings is 1.